The molecule has 2 aliphatic rings. The summed E-state index contributed by atoms with van der Waals surface area (Å²) in [6, 6.07) is 0. The number of halogens is 3. The molecule has 2 fully saturated rings. The average Bonchev–Trinajstić information content (AvgIpc) is 2.75. The maximum atomic E-state index is 13.1. The Morgan fingerprint density at radius 1 is 1.56 bits per heavy atom. The molecule has 1 aliphatic heterocycles. The van der Waals surface area contributed by atoms with Gasteiger partial charge >= 0.3 is 12.1 Å². The minimum absolute atomic E-state index is 0.171. The SMILES string of the molecule is CCCC=C=C1CC[C@@]2(C(F)(F)F)OC(=O)C[C@H]12. The van der Waals surface area contributed by atoms with Gasteiger partial charge in [-0.2, -0.15) is 13.2 Å². The summed E-state index contributed by atoms with van der Waals surface area (Å²) in [5, 5.41) is 0. The van der Waals surface area contributed by atoms with Crippen LogP contribution >= 0.6 is 0 Å². The minimum Gasteiger partial charge on any atom is -0.449 e. The maximum Gasteiger partial charge on any atom is 0.428 e. The van der Waals surface area contributed by atoms with Gasteiger partial charge < -0.3 is 4.74 Å². The number of ether oxygens (including phenoxy) is 1. The van der Waals surface area contributed by atoms with Crippen LogP contribution in [0.4, 0.5) is 13.2 Å². The van der Waals surface area contributed by atoms with E-state index in [0.717, 1.165) is 12.8 Å². The lowest BCUT2D eigenvalue weighted by Gasteiger charge is -2.29. The summed E-state index contributed by atoms with van der Waals surface area (Å²) in [5.74, 6) is -1.63. The molecule has 0 aromatic carbocycles. The molecule has 18 heavy (non-hydrogen) atoms. The lowest BCUT2D eigenvalue weighted by Crippen LogP contribution is -2.47. The number of hydrogen-bond acceptors (Lipinski definition) is 2. The Morgan fingerprint density at radius 3 is 2.89 bits per heavy atom. The first kappa shape index (κ1) is 13.2. The molecule has 0 radical (unpaired) electrons. The molecule has 1 saturated heterocycles. The summed E-state index contributed by atoms with van der Waals surface area (Å²) in [6.45, 7) is 1.99. The Bertz CT molecular complexity index is 418. The number of carbonyl (C=O) groups excluding carboxylic acids is 1. The first-order valence-electron chi connectivity index (χ1n) is 6.13. The van der Waals surface area contributed by atoms with Crippen LogP contribution in [0.2, 0.25) is 0 Å². The van der Waals surface area contributed by atoms with Crippen LogP contribution in [0, 0.1) is 5.92 Å². The maximum absolute atomic E-state index is 13.1. The summed E-state index contributed by atoms with van der Waals surface area (Å²) in [7, 11) is 0. The Morgan fingerprint density at radius 2 is 2.28 bits per heavy atom. The van der Waals surface area contributed by atoms with Gasteiger partial charge in [0.1, 0.15) is 0 Å². The van der Waals surface area contributed by atoms with Crippen LogP contribution in [0.5, 0.6) is 0 Å². The quantitative estimate of drug-likeness (QED) is 0.561. The molecular weight excluding hydrogens is 245 g/mol. The molecule has 1 aliphatic carbocycles. The van der Waals surface area contributed by atoms with Crippen molar-refractivity contribution in [1.82, 2.24) is 0 Å². The number of fused-ring (bicyclic) bond motifs is 1. The molecule has 100 valence electrons. The van der Waals surface area contributed by atoms with Gasteiger partial charge in [-0.05, 0) is 24.5 Å². The van der Waals surface area contributed by atoms with E-state index in [9.17, 15) is 18.0 Å². The zero-order valence-corrected chi connectivity index (χ0v) is 10.1. The second-order valence-electron chi connectivity index (χ2n) is 4.78. The van der Waals surface area contributed by atoms with E-state index >= 15 is 0 Å². The standard InChI is InChI=1S/C13H15F3O2/c1-2-3-4-5-9-6-7-12(13(14,15)16)10(9)8-11(17)18-12/h4,10H,2-3,6-8H2,1H3/t5?,10-,12-/m1/s1. The van der Waals surface area contributed by atoms with Crippen molar-refractivity contribution < 1.29 is 22.7 Å². The first-order chi connectivity index (χ1) is 8.40. The molecule has 0 N–H and O–H groups in total. The number of carbonyl (C=O) groups is 1. The highest BCUT2D eigenvalue weighted by Crippen LogP contribution is 2.56. The van der Waals surface area contributed by atoms with Crippen LogP contribution in [0.15, 0.2) is 17.4 Å². The lowest BCUT2D eigenvalue weighted by molar-refractivity contribution is -0.263. The normalized spacial score (nSPS) is 31.0. The molecule has 2 rings (SSSR count). The molecule has 0 aromatic rings. The zero-order valence-electron chi connectivity index (χ0n) is 10.1. The van der Waals surface area contributed by atoms with Crippen molar-refractivity contribution >= 4 is 5.97 Å². The van der Waals surface area contributed by atoms with Gasteiger partial charge in [0.2, 0.25) is 5.60 Å². The van der Waals surface area contributed by atoms with Crippen molar-refractivity contribution in [2.45, 2.75) is 50.8 Å². The van der Waals surface area contributed by atoms with Gasteiger partial charge in [-0.3, -0.25) is 4.79 Å². The third-order valence-corrected chi connectivity index (χ3v) is 3.62. The van der Waals surface area contributed by atoms with Gasteiger partial charge in [-0.25, -0.2) is 0 Å². The van der Waals surface area contributed by atoms with Crippen LogP contribution in [-0.2, 0) is 9.53 Å². The third-order valence-electron chi connectivity index (χ3n) is 3.62. The Hall–Kier alpha value is -1.22. The van der Waals surface area contributed by atoms with E-state index in [-0.39, 0.29) is 12.8 Å². The van der Waals surface area contributed by atoms with E-state index in [0.29, 0.717) is 12.0 Å². The molecule has 0 aromatic heterocycles. The summed E-state index contributed by atoms with van der Waals surface area (Å²) in [5.41, 5.74) is 1.22. The molecule has 5 heteroatoms. The number of alkyl halides is 3. The minimum atomic E-state index is -4.50. The van der Waals surface area contributed by atoms with Crippen molar-refractivity contribution in [2.75, 3.05) is 0 Å². The van der Waals surface area contributed by atoms with Crippen molar-refractivity contribution in [3.8, 4) is 0 Å². The highest BCUT2D eigenvalue weighted by molar-refractivity contribution is 5.74. The van der Waals surface area contributed by atoms with Crippen LogP contribution in [0.3, 0.4) is 0 Å². The second kappa shape index (κ2) is 4.47. The molecule has 0 amide bonds. The first-order valence-corrected chi connectivity index (χ1v) is 6.13. The number of hydrogen-bond donors (Lipinski definition) is 0. The Balaban J connectivity index is 2.33. The number of unbranched alkanes of at least 4 members (excludes halogenated alkanes) is 1. The third kappa shape index (κ3) is 1.97. The van der Waals surface area contributed by atoms with Gasteiger partial charge in [0.05, 0.1) is 6.42 Å². The van der Waals surface area contributed by atoms with Crippen molar-refractivity contribution in [3.05, 3.63) is 17.4 Å². The molecule has 0 spiro atoms. The van der Waals surface area contributed by atoms with Crippen molar-refractivity contribution in [1.29, 1.82) is 0 Å². The van der Waals surface area contributed by atoms with Gasteiger partial charge in [-0.1, -0.05) is 13.3 Å². The Labute approximate surface area is 103 Å². The van der Waals surface area contributed by atoms with Gasteiger partial charge in [0, 0.05) is 12.3 Å². The largest absolute Gasteiger partial charge is 0.449 e. The molecule has 1 saturated carbocycles. The summed E-state index contributed by atoms with van der Waals surface area (Å²) >= 11 is 0. The summed E-state index contributed by atoms with van der Waals surface area (Å²) < 4.78 is 44.0. The van der Waals surface area contributed by atoms with Crippen LogP contribution in [0.25, 0.3) is 0 Å². The Kier molecular flexibility index (Phi) is 3.28. The summed E-state index contributed by atoms with van der Waals surface area (Å²) in [6.07, 6.45) is -1.09. The molecule has 2 atom stereocenters. The lowest BCUT2D eigenvalue weighted by atomic mass is 9.88. The zero-order chi connectivity index (χ0) is 13.4. The average molecular weight is 260 g/mol. The molecular formula is C13H15F3O2. The van der Waals surface area contributed by atoms with Crippen LogP contribution in [-0.4, -0.2) is 17.7 Å². The van der Waals surface area contributed by atoms with E-state index in [1.54, 1.807) is 6.08 Å². The predicted molar refractivity (Wildman–Crippen MR) is 58.7 cm³/mol. The predicted octanol–water partition coefficient (Wildman–Crippen LogP) is 3.53. The number of esters is 1. The van der Waals surface area contributed by atoms with Crippen molar-refractivity contribution in [3.63, 3.8) is 0 Å². The highest BCUT2D eigenvalue weighted by atomic mass is 19.4. The fraction of sp³-hybridized carbons (Fsp3) is 0.692. The van der Waals surface area contributed by atoms with E-state index in [1.807, 2.05) is 6.92 Å². The van der Waals surface area contributed by atoms with E-state index in [1.165, 1.54) is 0 Å². The van der Waals surface area contributed by atoms with Gasteiger partial charge in [-0.15, -0.1) is 5.73 Å². The van der Waals surface area contributed by atoms with Crippen LogP contribution < -0.4 is 0 Å². The smallest absolute Gasteiger partial charge is 0.428 e. The topological polar surface area (TPSA) is 26.3 Å². The van der Waals surface area contributed by atoms with Gasteiger partial charge in [0.15, 0.2) is 0 Å². The number of rotatable bonds is 2. The van der Waals surface area contributed by atoms with E-state index in [2.05, 4.69) is 10.5 Å². The van der Waals surface area contributed by atoms with E-state index in [4.69, 9.17) is 0 Å². The molecule has 0 bridgehead atoms. The fourth-order valence-electron chi connectivity index (χ4n) is 2.69. The van der Waals surface area contributed by atoms with Gasteiger partial charge in [0.25, 0.3) is 0 Å². The van der Waals surface area contributed by atoms with E-state index < -0.39 is 23.7 Å². The molecule has 2 nitrogen and oxygen atoms in total. The van der Waals surface area contributed by atoms with Crippen LogP contribution in [0.1, 0.15) is 39.0 Å². The molecule has 0 unspecified atom stereocenters. The second-order valence-corrected chi connectivity index (χ2v) is 4.78. The van der Waals surface area contributed by atoms with Crippen molar-refractivity contribution in [2.24, 2.45) is 5.92 Å². The fourth-order valence-corrected chi connectivity index (χ4v) is 2.69. The monoisotopic (exact) mass is 260 g/mol. The summed E-state index contributed by atoms with van der Waals surface area (Å²) in [4.78, 5) is 11.2. The molecule has 1 heterocycles. The highest BCUT2D eigenvalue weighted by Gasteiger charge is 2.69.